The number of carbonyl (C=O) groups is 2. The van der Waals surface area contributed by atoms with E-state index in [4.69, 9.17) is 0 Å². The number of amides is 2. The molecule has 5 nitrogen and oxygen atoms in total. The average molecular weight is 331 g/mol. The standard InChI is InChI=1S/C19H29N3O2/c1-2-21-13-15-22(16-14-21)18(23)11-7-4-8-12-20-19(24)17-9-5-3-6-10-17/h3,5-6,9-10H,2,4,7-8,11-16H2,1H3,(H,20,24). The third-order valence-electron chi connectivity index (χ3n) is 4.56. The van der Waals surface area contributed by atoms with Crippen molar-refractivity contribution in [3.8, 4) is 0 Å². The van der Waals surface area contributed by atoms with E-state index in [1.165, 1.54) is 0 Å². The third-order valence-corrected chi connectivity index (χ3v) is 4.56. The maximum absolute atomic E-state index is 12.2. The average Bonchev–Trinajstić information content (AvgIpc) is 2.65. The van der Waals surface area contributed by atoms with E-state index in [1.807, 2.05) is 35.2 Å². The summed E-state index contributed by atoms with van der Waals surface area (Å²) in [5, 5.41) is 2.92. The van der Waals surface area contributed by atoms with Gasteiger partial charge in [0.1, 0.15) is 0 Å². The molecule has 0 aromatic heterocycles. The van der Waals surface area contributed by atoms with E-state index >= 15 is 0 Å². The number of piperazine rings is 1. The number of rotatable bonds is 8. The molecular formula is C19H29N3O2. The Morgan fingerprint density at radius 1 is 1.00 bits per heavy atom. The summed E-state index contributed by atoms with van der Waals surface area (Å²) in [6.07, 6.45) is 3.40. The molecule has 1 aliphatic heterocycles. The van der Waals surface area contributed by atoms with Crippen LogP contribution in [0.15, 0.2) is 30.3 Å². The van der Waals surface area contributed by atoms with E-state index in [-0.39, 0.29) is 11.8 Å². The van der Waals surface area contributed by atoms with Crippen LogP contribution in [-0.2, 0) is 4.79 Å². The SMILES string of the molecule is CCN1CCN(C(=O)CCCCCNC(=O)c2ccccc2)CC1. The van der Waals surface area contributed by atoms with Gasteiger partial charge in [-0.05, 0) is 31.5 Å². The van der Waals surface area contributed by atoms with Gasteiger partial charge in [0, 0.05) is 44.7 Å². The van der Waals surface area contributed by atoms with Crippen molar-refractivity contribution in [2.24, 2.45) is 0 Å². The van der Waals surface area contributed by atoms with Crippen LogP contribution in [0.2, 0.25) is 0 Å². The van der Waals surface area contributed by atoms with Crippen molar-refractivity contribution < 1.29 is 9.59 Å². The maximum Gasteiger partial charge on any atom is 0.251 e. The van der Waals surface area contributed by atoms with E-state index in [9.17, 15) is 9.59 Å². The zero-order valence-electron chi connectivity index (χ0n) is 14.7. The Kier molecular flexibility index (Phi) is 7.75. The van der Waals surface area contributed by atoms with Crippen molar-refractivity contribution in [2.75, 3.05) is 39.3 Å². The number of nitrogens with one attached hydrogen (secondary N) is 1. The van der Waals surface area contributed by atoms with Crippen molar-refractivity contribution in [1.82, 2.24) is 15.1 Å². The molecule has 0 atom stereocenters. The lowest BCUT2D eigenvalue weighted by Gasteiger charge is -2.34. The van der Waals surface area contributed by atoms with Gasteiger partial charge in [-0.15, -0.1) is 0 Å². The summed E-state index contributed by atoms with van der Waals surface area (Å²) in [5.41, 5.74) is 0.693. The molecule has 1 heterocycles. The van der Waals surface area contributed by atoms with Crippen LogP contribution in [0.5, 0.6) is 0 Å². The van der Waals surface area contributed by atoms with Gasteiger partial charge in [0.15, 0.2) is 0 Å². The first-order valence-electron chi connectivity index (χ1n) is 9.04. The number of likely N-dealkylation sites (N-methyl/N-ethyl adjacent to an activating group) is 1. The number of hydrogen-bond donors (Lipinski definition) is 1. The van der Waals surface area contributed by atoms with Crippen LogP contribution in [0.4, 0.5) is 0 Å². The Bertz CT molecular complexity index is 511. The van der Waals surface area contributed by atoms with Gasteiger partial charge in [-0.2, -0.15) is 0 Å². The highest BCUT2D eigenvalue weighted by atomic mass is 16.2. The minimum Gasteiger partial charge on any atom is -0.352 e. The van der Waals surface area contributed by atoms with Gasteiger partial charge < -0.3 is 15.1 Å². The summed E-state index contributed by atoms with van der Waals surface area (Å²) < 4.78 is 0. The Hall–Kier alpha value is -1.88. The van der Waals surface area contributed by atoms with E-state index in [2.05, 4.69) is 17.1 Å². The van der Waals surface area contributed by atoms with Gasteiger partial charge in [-0.1, -0.05) is 31.5 Å². The van der Waals surface area contributed by atoms with Crippen molar-refractivity contribution in [2.45, 2.75) is 32.6 Å². The molecule has 2 rings (SSSR count). The smallest absolute Gasteiger partial charge is 0.251 e. The number of hydrogen-bond acceptors (Lipinski definition) is 3. The number of carbonyl (C=O) groups excluding carboxylic acids is 2. The van der Waals surface area contributed by atoms with Crippen molar-refractivity contribution in [1.29, 1.82) is 0 Å². The molecule has 0 bridgehead atoms. The Balaban J connectivity index is 1.52. The molecule has 1 aliphatic rings. The lowest BCUT2D eigenvalue weighted by molar-refractivity contribution is -0.133. The maximum atomic E-state index is 12.2. The minimum atomic E-state index is -0.0273. The predicted molar refractivity (Wildman–Crippen MR) is 95.9 cm³/mol. The lowest BCUT2D eigenvalue weighted by atomic mass is 10.1. The fourth-order valence-corrected chi connectivity index (χ4v) is 2.94. The normalized spacial score (nSPS) is 15.3. The Labute approximate surface area is 145 Å². The topological polar surface area (TPSA) is 52.6 Å². The van der Waals surface area contributed by atoms with E-state index < -0.39 is 0 Å². The lowest BCUT2D eigenvalue weighted by Crippen LogP contribution is -2.48. The molecule has 2 amide bonds. The van der Waals surface area contributed by atoms with Crippen molar-refractivity contribution >= 4 is 11.8 Å². The molecule has 0 aliphatic carbocycles. The summed E-state index contributed by atoms with van der Waals surface area (Å²) in [7, 11) is 0. The van der Waals surface area contributed by atoms with Crippen LogP contribution >= 0.6 is 0 Å². The van der Waals surface area contributed by atoms with Crippen molar-refractivity contribution in [3.05, 3.63) is 35.9 Å². The zero-order chi connectivity index (χ0) is 17.2. The fraction of sp³-hybridized carbons (Fsp3) is 0.579. The molecule has 24 heavy (non-hydrogen) atoms. The molecule has 1 saturated heterocycles. The second-order valence-corrected chi connectivity index (χ2v) is 6.25. The molecule has 1 aromatic carbocycles. The second-order valence-electron chi connectivity index (χ2n) is 6.25. The van der Waals surface area contributed by atoms with Gasteiger partial charge in [0.25, 0.3) is 5.91 Å². The summed E-state index contributed by atoms with van der Waals surface area (Å²) in [6, 6.07) is 9.25. The quantitative estimate of drug-likeness (QED) is 0.743. The molecular weight excluding hydrogens is 302 g/mol. The van der Waals surface area contributed by atoms with E-state index in [0.29, 0.717) is 18.5 Å². The van der Waals surface area contributed by atoms with Gasteiger partial charge in [-0.3, -0.25) is 9.59 Å². The number of benzene rings is 1. The summed E-state index contributed by atoms with van der Waals surface area (Å²) in [6.45, 7) is 7.60. The second kappa shape index (κ2) is 10.1. The molecule has 132 valence electrons. The fourth-order valence-electron chi connectivity index (χ4n) is 2.94. The number of nitrogens with zero attached hydrogens (tertiary/aromatic N) is 2. The van der Waals surface area contributed by atoms with Crippen LogP contribution in [0.25, 0.3) is 0 Å². The summed E-state index contributed by atoms with van der Waals surface area (Å²) in [4.78, 5) is 28.4. The van der Waals surface area contributed by atoms with Crippen LogP contribution in [0, 0.1) is 0 Å². The first kappa shape index (κ1) is 18.5. The molecule has 0 unspecified atom stereocenters. The molecule has 1 fully saturated rings. The van der Waals surface area contributed by atoms with Crippen LogP contribution in [0.1, 0.15) is 43.0 Å². The highest BCUT2D eigenvalue weighted by molar-refractivity contribution is 5.94. The largest absolute Gasteiger partial charge is 0.352 e. The Morgan fingerprint density at radius 3 is 2.38 bits per heavy atom. The first-order valence-corrected chi connectivity index (χ1v) is 9.04. The van der Waals surface area contributed by atoms with Gasteiger partial charge in [0.05, 0.1) is 0 Å². The van der Waals surface area contributed by atoms with Crippen molar-refractivity contribution in [3.63, 3.8) is 0 Å². The monoisotopic (exact) mass is 331 g/mol. The van der Waals surface area contributed by atoms with Crippen LogP contribution < -0.4 is 5.32 Å². The van der Waals surface area contributed by atoms with Gasteiger partial charge in [0.2, 0.25) is 5.91 Å². The highest BCUT2D eigenvalue weighted by Crippen LogP contribution is 2.07. The van der Waals surface area contributed by atoms with Crippen LogP contribution in [-0.4, -0.2) is 60.9 Å². The van der Waals surface area contributed by atoms with Gasteiger partial charge >= 0.3 is 0 Å². The molecule has 1 aromatic rings. The first-order chi connectivity index (χ1) is 11.7. The van der Waals surface area contributed by atoms with E-state index in [0.717, 1.165) is 52.0 Å². The molecule has 0 radical (unpaired) electrons. The third kappa shape index (κ3) is 5.96. The van der Waals surface area contributed by atoms with E-state index in [1.54, 1.807) is 0 Å². The molecule has 0 spiro atoms. The molecule has 5 heteroatoms. The highest BCUT2D eigenvalue weighted by Gasteiger charge is 2.19. The molecule has 0 saturated carbocycles. The minimum absolute atomic E-state index is 0.0273. The summed E-state index contributed by atoms with van der Waals surface area (Å²) >= 11 is 0. The van der Waals surface area contributed by atoms with Gasteiger partial charge in [-0.25, -0.2) is 0 Å². The van der Waals surface area contributed by atoms with Crippen LogP contribution in [0.3, 0.4) is 0 Å². The Morgan fingerprint density at radius 2 is 1.71 bits per heavy atom. The molecule has 1 N–H and O–H groups in total. The zero-order valence-corrected chi connectivity index (χ0v) is 14.7. The summed E-state index contributed by atoms with van der Waals surface area (Å²) in [5.74, 6) is 0.250. The predicted octanol–water partition coefficient (Wildman–Crippen LogP) is 2.14. The number of unbranched alkanes of at least 4 members (excludes halogenated alkanes) is 2.